The van der Waals surface area contributed by atoms with Gasteiger partial charge in [0, 0.05) is 24.7 Å². The van der Waals surface area contributed by atoms with E-state index in [1.54, 1.807) is 17.0 Å². The van der Waals surface area contributed by atoms with E-state index in [0.29, 0.717) is 24.7 Å². The standard InChI is InChI=1S/C20H18F2N2O4/c1-12(19(26)23-17-8-7-14(21)11-16(17)22)28-20(27)13-4-2-5-15(10-13)24-9-3-6-18(24)25/h2,4-5,7-8,10-12H,3,6,9H2,1H3,(H,23,26). The van der Waals surface area contributed by atoms with Crippen LogP contribution in [0.2, 0.25) is 0 Å². The van der Waals surface area contributed by atoms with Gasteiger partial charge in [-0.2, -0.15) is 0 Å². The molecule has 2 aromatic rings. The van der Waals surface area contributed by atoms with Crippen molar-refractivity contribution >= 4 is 29.2 Å². The maximum atomic E-state index is 13.6. The zero-order chi connectivity index (χ0) is 20.3. The lowest BCUT2D eigenvalue weighted by Gasteiger charge is -2.17. The molecule has 1 aliphatic rings. The Morgan fingerprint density at radius 1 is 1.18 bits per heavy atom. The van der Waals surface area contributed by atoms with Crippen LogP contribution in [-0.2, 0) is 14.3 Å². The molecule has 0 saturated carbocycles. The van der Waals surface area contributed by atoms with Crippen LogP contribution in [0.3, 0.4) is 0 Å². The molecule has 1 aliphatic heterocycles. The van der Waals surface area contributed by atoms with Crippen LogP contribution in [-0.4, -0.2) is 30.4 Å². The predicted molar refractivity (Wildman–Crippen MR) is 97.9 cm³/mol. The molecule has 0 radical (unpaired) electrons. The van der Waals surface area contributed by atoms with E-state index >= 15 is 0 Å². The molecule has 1 fully saturated rings. The molecule has 3 rings (SSSR count). The second-order valence-corrected chi connectivity index (χ2v) is 6.36. The molecule has 0 aromatic heterocycles. The van der Waals surface area contributed by atoms with Crippen LogP contribution in [0.15, 0.2) is 42.5 Å². The Morgan fingerprint density at radius 2 is 1.96 bits per heavy atom. The van der Waals surface area contributed by atoms with Crippen molar-refractivity contribution in [2.75, 3.05) is 16.8 Å². The summed E-state index contributed by atoms with van der Waals surface area (Å²) in [5.74, 6) is -3.23. The first-order valence-electron chi connectivity index (χ1n) is 8.72. The van der Waals surface area contributed by atoms with E-state index in [9.17, 15) is 23.2 Å². The summed E-state index contributed by atoms with van der Waals surface area (Å²) in [7, 11) is 0. The average Bonchev–Trinajstić information content (AvgIpc) is 3.10. The van der Waals surface area contributed by atoms with Crippen molar-refractivity contribution in [2.45, 2.75) is 25.9 Å². The average molecular weight is 388 g/mol. The van der Waals surface area contributed by atoms with Crippen LogP contribution in [0, 0.1) is 11.6 Å². The van der Waals surface area contributed by atoms with E-state index < -0.39 is 29.6 Å². The minimum Gasteiger partial charge on any atom is -0.449 e. The molecule has 0 spiro atoms. The van der Waals surface area contributed by atoms with Gasteiger partial charge in [-0.05, 0) is 43.7 Å². The number of amides is 2. The van der Waals surface area contributed by atoms with Crippen LogP contribution in [0.25, 0.3) is 0 Å². The van der Waals surface area contributed by atoms with Crippen molar-refractivity contribution in [1.29, 1.82) is 0 Å². The van der Waals surface area contributed by atoms with Gasteiger partial charge < -0.3 is 15.0 Å². The van der Waals surface area contributed by atoms with Crippen LogP contribution in [0.1, 0.15) is 30.1 Å². The predicted octanol–water partition coefficient (Wildman–Crippen LogP) is 3.28. The SMILES string of the molecule is CC(OC(=O)c1cccc(N2CCCC2=O)c1)C(=O)Nc1ccc(F)cc1F. The number of halogens is 2. The van der Waals surface area contributed by atoms with Gasteiger partial charge in [-0.1, -0.05) is 6.07 Å². The number of benzene rings is 2. The molecule has 1 atom stereocenters. The Labute approximate surface area is 160 Å². The van der Waals surface area contributed by atoms with Crippen molar-refractivity contribution < 1.29 is 27.9 Å². The van der Waals surface area contributed by atoms with E-state index in [4.69, 9.17) is 4.74 Å². The van der Waals surface area contributed by atoms with Gasteiger partial charge in [0.05, 0.1) is 11.3 Å². The van der Waals surface area contributed by atoms with Crippen LogP contribution < -0.4 is 10.2 Å². The third-order valence-corrected chi connectivity index (χ3v) is 4.31. The lowest BCUT2D eigenvalue weighted by molar-refractivity contribution is -0.123. The van der Waals surface area contributed by atoms with Crippen molar-refractivity contribution in [3.63, 3.8) is 0 Å². The van der Waals surface area contributed by atoms with Crippen molar-refractivity contribution in [3.8, 4) is 0 Å². The first-order valence-corrected chi connectivity index (χ1v) is 8.72. The molecule has 0 aliphatic carbocycles. The molecule has 2 amide bonds. The summed E-state index contributed by atoms with van der Waals surface area (Å²) < 4.78 is 31.7. The fraction of sp³-hybridized carbons (Fsp3) is 0.250. The van der Waals surface area contributed by atoms with E-state index in [1.807, 2.05) is 0 Å². The number of nitrogens with one attached hydrogen (secondary N) is 1. The number of nitrogens with zero attached hydrogens (tertiary/aromatic N) is 1. The van der Waals surface area contributed by atoms with E-state index in [-0.39, 0.29) is 17.2 Å². The minimum absolute atomic E-state index is 0.0143. The van der Waals surface area contributed by atoms with Crippen LogP contribution >= 0.6 is 0 Å². The third kappa shape index (κ3) is 4.33. The highest BCUT2D eigenvalue weighted by atomic mass is 19.1. The van der Waals surface area contributed by atoms with E-state index in [0.717, 1.165) is 18.6 Å². The highest BCUT2D eigenvalue weighted by molar-refractivity contribution is 5.99. The number of anilines is 2. The Morgan fingerprint density at radius 3 is 2.64 bits per heavy atom. The molecular weight excluding hydrogens is 370 g/mol. The molecule has 8 heteroatoms. The summed E-state index contributed by atoms with van der Waals surface area (Å²) in [5.41, 5.74) is 0.552. The maximum absolute atomic E-state index is 13.6. The highest BCUT2D eigenvalue weighted by Gasteiger charge is 2.24. The molecule has 0 bridgehead atoms. The maximum Gasteiger partial charge on any atom is 0.338 e. The summed E-state index contributed by atoms with van der Waals surface area (Å²) in [6, 6.07) is 9.08. The minimum atomic E-state index is -1.21. The molecule has 2 aromatic carbocycles. The first-order chi connectivity index (χ1) is 13.3. The fourth-order valence-electron chi connectivity index (χ4n) is 2.83. The molecule has 6 nitrogen and oxygen atoms in total. The molecule has 1 N–H and O–H groups in total. The number of esters is 1. The van der Waals surface area contributed by atoms with Gasteiger partial charge in [-0.3, -0.25) is 9.59 Å². The molecule has 1 unspecified atom stereocenters. The Bertz CT molecular complexity index is 932. The zero-order valence-electron chi connectivity index (χ0n) is 15.1. The summed E-state index contributed by atoms with van der Waals surface area (Å²) in [4.78, 5) is 37.9. The zero-order valence-corrected chi connectivity index (χ0v) is 15.1. The first kappa shape index (κ1) is 19.5. The van der Waals surface area contributed by atoms with Crippen molar-refractivity contribution in [1.82, 2.24) is 0 Å². The summed E-state index contributed by atoms with van der Waals surface area (Å²) in [5, 5.41) is 2.25. The number of hydrogen-bond acceptors (Lipinski definition) is 4. The Balaban J connectivity index is 1.65. The second kappa shape index (κ2) is 8.16. The molecule has 28 heavy (non-hydrogen) atoms. The van der Waals surface area contributed by atoms with Gasteiger partial charge >= 0.3 is 5.97 Å². The Hall–Kier alpha value is -3.29. The number of carbonyl (C=O) groups excluding carboxylic acids is 3. The van der Waals surface area contributed by atoms with Crippen molar-refractivity contribution in [2.24, 2.45) is 0 Å². The second-order valence-electron chi connectivity index (χ2n) is 6.36. The van der Waals surface area contributed by atoms with E-state index in [2.05, 4.69) is 5.32 Å². The monoisotopic (exact) mass is 388 g/mol. The van der Waals surface area contributed by atoms with Crippen LogP contribution in [0.5, 0.6) is 0 Å². The van der Waals surface area contributed by atoms with E-state index in [1.165, 1.54) is 19.1 Å². The summed E-state index contributed by atoms with van der Waals surface area (Å²) >= 11 is 0. The largest absolute Gasteiger partial charge is 0.449 e. The molecule has 146 valence electrons. The quantitative estimate of drug-likeness (QED) is 0.798. The number of rotatable bonds is 5. The number of ether oxygens (including phenoxy) is 1. The highest BCUT2D eigenvalue weighted by Crippen LogP contribution is 2.23. The number of carbonyl (C=O) groups is 3. The summed E-state index contributed by atoms with van der Waals surface area (Å²) in [6.45, 7) is 1.92. The van der Waals surface area contributed by atoms with Gasteiger partial charge in [0.25, 0.3) is 5.91 Å². The van der Waals surface area contributed by atoms with Crippen molar-refractivity contribution in [3.05, 3.63) is 59.7 Å². The van der Waals surface area contributed by atoms with Gasteiger partial charge in [0.15, 0.2) is 6.10 Å². The molecule has 1 saturated heterocycles. The van der Waals surface area contributed by atoms with Gasteiger partial charge in [-0.25, -0.2) is 13.6 Å². The van der Waals surface area contributed by atoms with Gasteiger partial charge in [-0.15, -0.1) is 0 Å². The fourth-order valence-corrected chi connectivity index (χ4v) is 2.83. The lowest BCUT2D eigenvalue weighted by atomic mass is 10.2. The topological polar surface area (TPSA) is 75.7 Å². The normalized spacial score (nSPS) is 14.7. The van der Waals surface area contributed by atoms with Gasteiger partial charge in [0.2, 0.25) is 5.91 Å². The molecule has 1 heterocycles. The summed E-state index contributed by atoms with van der Waals surface area (Å²) in [6.07, 6.45) is 0.00487. The Kier molecular flexibility index (Phi) is 5.67. The van der Waals surface area contributed by atoms with Crippen LogP contribution in [0.4, 0.5) is 20.2 Å². The lowest BCUT2D eigenvalue weighted by Crippen LogP contribution is -2.30. The number of hydrogen-bond donors (Lipinski definition) is 1. The molecular formula is C20H18F2N2O4. The third-order valence-electron chi connectivity index (χ3n) is 4.31. The smallest absolute Gasteiger partial charge is 0.338 e. The van der Waals surface area contributed by atoms with Gasteiger partial charge in [0.1, 0.15) is 11.6 Å².